The van der Waals surface area contributed by atoms with Crippen LogP contribution in [0.5, 0.6) is 11.5 Å². The Morgan fingerprint density at radius 1 is 1.26 bits per heavy atom. The van der Waals surface area contributed by atoms with Crippen molar-refractivity contribution in [1.29, 1.82) is 5.26 Å². The van der Waals surface area contributed by atoms with Crippen molar-refractivity contribution < 1.29 is 18.7 Å². The molecule has 7 heteroatoms. The maximum atomic E-state index is 13.9. The summed E-state index contributed by atoms with van der Waals surface area (Å²) >= 11 is 11.1. The van der Waals surface area contributed by atoms with Gasteiger partial charge in [0.25, 0.3) is 0 Å². The quantitative estimate of drug-likeness (QED) is 0.581. The third-order valence-corrected chi connectivity index (χ3v) is 3.25. The van der Waals surface area contributed by atoms with Gasteiger partial charge >= 0.3 is 5.97 Å². The van der Waals surface area contributed by atoms with Crippen molar-refractivity contribution >= 4 is 29.2 Å². The van der Waals surface area contributed by atoms with E-state index in [0.29, 0.717) is 10.8 Å². The molecule has 0 bridgehead atoms. The molecule has 23 heavy (non-hydrogen) atoms. The Labute approximate surface area is 142 Å². The predicted octanol–water partition coefficient (Wildman–Crippen LogP) is 4.62. The van der Waals surface area contributed by atoms with Crippen molar-refractivity contribution in [3.8, 4) is 17.6 Å². The van der Waals surface area contributed by atoms with Crippen LogP contribution in [0.1, 0.15) is 11.7 Å². The van der Waals surface area contributed by atoms with Crippen molar-refractivity contribution in [3.05, 3.63) is 58.9 Å². The second-order valence-corrected chi connectivity index (χ2v) is 5.08. The van der Waals surface area contributed by atoms with E-state index in [9.17, 15) is 9.18 Å². The minimum absolute atomic E-state index is 0.105. The molecule has 0 saturated heterocycles. The monoisotopic (exact) mass is 353 g/mol. The van der Waals surface area contributed by atoms with E-state index in [1.807, 2.05) is 0 Å². The lowest BCUT2D eigenvalue weighted by Gasteiger charge is -2.13. The van der Waals surface area contributed by atoms with Crippen molar-refractivity contribution in [2.75, 3.05) is 5.88 Å². The molecule has 4 nitrogen and oxygen atoms in total. The minimum Gasteiger partial charge on any atom is -0.454 e. The van der Waals surface area contributed by atoms with Gasteiger partial charge in [-0.05, 0) is 36.4 Å². The first-order valence-corrected chi connectivity index (χ1v) is 7.32. The van der Waals surface area contributed by atoms with Crippen molar-refractivity contribution in [2.24, 2.45) is 0 Å². The summed E-state index contributed by atoms with van der Waals surface area (Å²) < 4.78 is 24.2. The highest BCUT2D eigenvalue weighted by Crippen LogP contribution is 2.29. The van der Waals surface area contributed by atoms with Gasteiger partial charge in [0.1, 0.15) is 17.7 Å². The Balaban J connectivity index is 2.25. The number of ether oxygens (including phenoxy) is 2. The number of rotatable bonds is 5. The van der Waals surface area contributed by atoms with E-state index in [1.54, 1.807) is 30.3 Å². The third kappa shape index (κ3) is 4.59. The molecule has 0 aliphatic rings. The van der Waals surface area contributed by atoms with Crippen LogP contribution in [0.4, 0.5) is 4.39 Å². The SMILES string of the molecule is N#C[C@@H](OC(=O)CCl)c1ccc(F)c(Oc2ccc(Cl)cc2)c1. The lowest BCUT2D eigenvalue weighted by Crippen LogP contribution is -2.11. The molecule has 0 fully saturated rings. The molecule has 0 N–H and O–H groups in total. The van der Waals surface area contributed by atoms with E-state index in [0.717, 1.165) is 6.07 Å². The van der Waals surface area contributed by atoms with Gasteiger partial charge in [0.2, 0.25) is 6.10 Å². The Kier molecular flexibility index (Phi) is 5.80. The summed E-state index contributed by atoms with van der Waals surface area (Å²) in [6.07, 6.45) is -1.20. The number of alkyl halides is 1. The number of benzene rings is 2. The fourth-order valence-corrected chi connectivity index (χ4v) is 1.91. The van der Waals surface area contributed by atoms with Gasteiger partial charge in [-0.25, -0.2) is 4.39 Å². The number of carbonyl (C=O) groups excluding carboxylic acids is 1. The Bertz CT molecular complexity index is 744. The average molecular weight is 354 g/mol. The van der Waals surface area contributed by atoms with Crippen LogP contribution in [0.15, 0.2) is 42.5 Å². The van der Waals surface area contributed by atoms with E-state index < -0.39 is 17.9 Å². The number of hydrogen-bond donors (Lipinski definition) is 0. The zero-order valence-electron chi connectivity index (χ0n) is 11.6. The van der Waals surface area contributed by atoms with Crippen molar-refractivity contribution in [1.82, 2.24) is 0 Å². The molecule has 0 aromatic heterocycles. The lowest BCUT2D eigenvalue weighted by atomic mass is 10.1. The lowest BCUT2D eigenvalue weighted by molar-refractivity contribution is -0.143. The number of esters is 1. The molecule has 2 rings (SSSR count). The van der Waals surface area contributed by atoms with Crippen LogP contribution in [0, 0.1) is 17.1 Å². The zero-order chi connectivity index (χ0) is 16.8. The van der Waals surface area contributed by atoms with Crippen LogP contribution in [0.25, 0.3) is 0 Å². The van der Waals surface area contributed by atoms with E-state index in [-0.39, 0.29) is 17.2 Å². The Morgan fingerprint density at radius 2 is 1.96 bits per heavy atom. The molecule has 0 amide bonds. The summed E-state index contributed by atoms with van der Waals surface area (Å²) in [5.74, 6) is -1.48. The topological polar surface area (TPSA) is 59.3 Å². The van der Waals surface area contributed by atoms with E-state index >= 15 is 0 Å². The Morgan fingerprint density at radius 3 is 2.57 bits per heavy atom. The molecule has 1 atom stereocenters. The summed E-state index contributed by atoms with van der Waals surface area (Å²) in [6.45, 7) is 0. The highest BCUT2D eigenvalue weighted by Gasteiger charge is 2.18. The highest BCUT2D eigenvalue weighted by molar-refractivity contribution is 6.30. The van der Waals surface area contributed by atoms with Gasteiger partial charge in [-0.1, -0.05) is 17.7 Å². The van der Waals surface area contributed by atoms with Gasteiger partial charge in [-0.2, -0.15) is 5.26 Å². The van der Waals surface area contributed by atoms with Gasteiger partial charge in [-0.3, -0.25) is 4.79 Å². The van der Waals surface area contributed by atoms with Crippen LogP contribution in [-0.2, 0) is 9.53 Å². The molecule has 118 valence electrons. The minimum atomic E-state index is -1.20. The molecule has 0 unspecified atom stereocenters. The number of carbonyl (C=O) groups is 1. The first kappa shape index (κ1) is 17.1. The molecule has 2 aromatic carbocycles. The molecule has 0 saturated carbocycles. The normalized spacial score (nSPS) is 11.4. The highest BCUT2D eigenvalue weighted by atomic mass is 35.5. The summed E-state index contributed by atoms with van der Waals surface area (Å²) in [7, 11) is 0. The second kappa shape index (κ2) is 7.82. The smallest absolute Gasteiger partial charge is 0.322 e. The van der Waals surface area contributed by atoms with Crippen LogP contribution < -0.4 is 4.74 Å². The van der Waals surface area contributed by atoms with Crippen molar-refractivity contribution in [3.63, 3.8) is 0 Å². The van der Waals surface area contributed by atoms with E-state index in [2.05, 4.69) is 0 Å². The molecule has 0 heterocycles. The van der Waals surface area contributed by atoms with E-state index in [1.165, 1.54) is 12.1 Å². The molecule has 0 radical (unpaired) electrons. The van der Waals surface area contributed by atoms with Gasteiger partial charge in [0.15, 0.2) is 11.6 Å². The van der Waals surface area contributed by atoms with Crippen LogP contribution in [0.2, 0.25) is 5.02 Å². The second-order valence-electron chi connectivity index (χ2n) is 4.38. The molecular formula is C16H10Cl2FNO3. The van der Waals surface area contributed by atoms with Crippen LogP contribution in [0.3, 0.4) is 0 Å². The summed E-state index contributed by atoms with van der Waals surface area (Å²) in [5.41, 5.74) is 0.274. The molecule has 0 spiro atoms. The largest absolute Gasteiger partial charge is 0.454 e. The summed E-state index contributed by atoms with van der Waals surface area (Å²) in [5, 5.41) is 9.60. The average Bonchev–Trinajstić information content (AvgIpc) is 2.56. The van der Waals surface area contributed by atoms with Gasteiger partial charge in [0, 0.05) is 10.6 Å². The maximum absolute atomic E-state index is 13.9. The van der Waals surface area contributed by atoms with E-state index in [4.69, 9.17) is 37.9 Å². The molecule has 0 aliphatic heterocycles. The van der Waals surface area contributed by atoms with Gasteiger partial charge < -0.3 is 9.47 Å². The fourth-order valence-electron chi connectivity index (χ4n) is 1.72. The molecular weight excluding hydrogens is 344 g/mol. The Hall–Kier alpha value is -2.29. The maximum Gasteiger partial charge on any atom is 0.322 e. The third-order valence-electron chi connectivity index (χ3n) is 2.78. The van der Waals surface area contributed by atoms with Crippen LogP contribution >= 0.6 is 23.2 Å². The fraction of sp³-hybridized carbons (Fsp3) is 0.125. The predicted molar refractivity (Wildman–Crippen MR) is 83.1 cm³/mol. The van der Waals surface area contributed by atoms with Crippen molar-refractivity contribution in [2.45, 2.75) is 6.10 Å². The molecule has 0 aliphatic carbocycles. The first-order chi connectivity index (χ1) is 11.0. The zero-order valence-corrected chi connectivity index (χ0v) is 13.1. The summed E-state index contributed by atoms with van der Waals surface area (Å²) in [6, 6.07) is 11.9. The number of hydrogen-bond acceptors (Lipinski definition) is 4. The van der Waals surface area contributed by atoms with Gasteiger partial charge in [0.05, 0.1) is 0 Å². The summed E-state index contributed by atoms with van der Waals surface area (Å²) in [4.78, 5) is 11.2. The number of nitriles is 1. The first-order valence-electron chi connectivity index (χ1n) is 6.41. The number of halogens is 3. The standard InChI is InChI=1S/C16H10Cl2FNO3/c17-8-16(21)23-15(9-20)10-1-6-13(19)14(7-10)22-12-4-2-11(18)3-5-12/h1-7,15H,8H2/t15-/m1/s1. The number of nitrogens with zero attached hydrogens (tertiary/aromatic N) is 1. The van der Waals surface area contributed by atoms with Crippen LogP contribution in [-0.4, -0.2) is 11.8 Å². The molecule has 2 aromatic rings. The van der Waals surface area contributed by atoms with Gasteiger partial charge in [-0.15, -0.1) is 11.6 Å².